The second kappa shape index (κ2) is 9.44. The van der Waals surface area contributed by atoms with Crippen LogP contribution in [0.25, 0.3) is 11.4 Å². The number of para-hydroxylation sites is 1. The number of amides is 1. The molecule has 0 spiro atoms. The molecular weight excluding hydrogens is 503 g/mol. The summed E-state index contributed by atoms with van der Waals surface area (Å²) in [7, 11) is 0. The third-order valence-corrected chi connectivity index (χ3v) is 6.47. The number of hydrogen-bond donors (Lipinski definition) is 2. The van der Waals surface area contributed by atoms with Crippen molar-refractivity contribution < 1.29 is 9.72 Å². The molecule has 36 heavy (non-hydrogen) atoms. The average molecular weight is 521 g/mol. The van der Waals surface area contributed by atoms with Crippen molar-refractivity contribution in [1.82, 2.24) is 14.8 Å². The number of hydrogen-bond acceptors (Lipinski definition) is 6. The van der Waals surface area contributed by atoms with E-state index in [1.54, 1.807) is 54.1 Å². The number of allylic oxidation sites excluding steroid dienone is 1. The number of anilines is 2. The van der Waals surface area contributed by atoms with Crippen LogP contribution in [0.15, 0.2) is 84.1 Å². The predicted octanol–water partition coefficient (Wildman–Crippen LogP) is 6.09. The lowest BCUT2D eigenvalue weighted by Gasteiger charge is -2.28. The van der Waals surface area contributed by atoms with Crippen molar-refractivity contribution in [2.24, 2.45) is 0 Å². The average Bonchev–Trinajstić information content (AvgIpc) is 3.29. The fourth-order valence-corrected chi connectivity index (χ4v) is 4.31. The molecule has 0 radical (unpaired) electrons. The van der Waals surface area contributed by atoms with E-state index in [4.69, 9.17) is 23.2 Å². The van der Waals surface area contributed by atoms with Gasteiger partial charge in [0.25, 0.3) is 11.6 Å². The van der Waals surface area contributed by atoms with Gasteiger partial charge in [-0.1, -0.05) is 41.4 Å². The van der Waals surface area contributed by atoms with E-state index in [0.29, 0.717) is 49.9 Å². The van der Waals surface area contributed by atoms with Crippen LogP contribution in [0.3, 0.4) is 0 Å². The van der Waals surface area contributed by atoms with Gasteiger partial charge in [0, 0.05) is 29.1 Å². The van der Waals surface area contributed by atoms with E-state index in [2.05, 4.69) is 20.7 Å². The van der Waals surface area contributed by atoms with E-state index < -0.39 is 11.0 Å². The number of nitrogens with one attached hydrogen (secondary N) is 2. The fraction of sp³-hybridized carbons (Fsp3) is 0.0800. The van der Waals surface area contributed by atoms with Gasteiger partial charge in [-0.2, -0.15) is 4.98 Å². The van der Waals surface area contributed by atoms with Gasteiger partial charge in [0.15, 0.2) is 5.82 Å². The van der Waals surface area contributed by atoms with Crippen molar-refractivity contribution >= 4 is 46.4 Å². The van der Waals surface area contributed by atoms with Crippen molar-refractivity contribution in [1.29, 1.82) is 0 Å². The van der Waals surface area contributed by atoms with Gasteiger partial charge < -0.3 is 10.6 Å². The van der Waals surface area contributed by atoms with Crippen molar-refractivity contribution in [2.45, 2.75) is 13.0 Å². The van der Waals surface area contributed by atoms with Crippen LogP contribution < -0.4 is 10.6 Å². The lowest BCUT2D eigenvalue weighted by atomic mass is 9.95. The first-order chi connectivity index (χ1) is 17.3. The van der Waals surface area contributed by atoms with Crippen LogP contribution in [0.1, 0.15) is 18.5 Å². The first-order valence-electron chi connectivity index (χ1n) is 10.8. The third kappa shape index (κ3) is 4.41. The Bertz CT molecular complexity index is 1520. The zero-order chi connectivity index (χ0) is 25.4. The predicted molar refractivity (Wildman–Crippen MR) is 138 cm³/mol. The Morgan fingerprint density at radius 2 is 1.78 bits per heavy atom. The van der Waals surface area contributed by atoms with E-state index in [1.807, 2.05) is 18.2 Å². The highest BCUT2D eigenvalue weighted by Crippen LogP contribution is 2.38. The van der Waals surface area contributed by atoms with E-state index in [-0.39, 0.29) is 11.6 Å². The van der Waals surface area contributed by atoms with E-state index in [0.717, 1.165) is 0 Å². The summed E-state index contributed by atoms with van der Waals surface area (Å²) in [5.41, 5.74) is 2.82. The first-order valence-corrected chi connectivity index (χ1v) is 11.6. The molecule has 9 nitrogen and oxygen atoms in total. The molecule has 3 aromatic carbocycles. The van der Waals surface area contributed by atoms with Gasteiger partial charge in [0.1, 0.15) is 6.04 Å². The summed E-state index contributed by atoms with van der Waals surface area (Å²) in [5.74, 6) is 0.445. The molecule has 11 heteroatoms. The molecule has 0 aliphatic carbocycles. The molecule has 1 amide bonds. The van der Waals surface area contributed by atoms with Gasteiger partial charge in [0.05, 0.1) is 20.5 Å². The monoisotopic (exact) mass is 520 g/mol. The highest BCUT2D eigenvalue weighted by molar-refractivity contribution is 6.42. The van der Waals surface area contributed by atoms with Crippen LogP contribution >= 0.6 is 23.2 Å². The number of carbonyl (C=O) groups is 1. The minimum absolute atomic E-state index is 0.0565. The molecule has 4 aromatic rings. The largest absolute Gasteiger partial charge is 0.328 e. The first kappa shape index (κ1) is 23.5. The number of aromatic nitrogens is 3. The van der Waals surface area contributed by atoms with E-state index >= 15 is 0 Å². The van der Waals surface area contributed by atoms with Crippen LogP contribution in [-0.2, 0) is 4.79 Å². The molecule has 0 saturated heterocycles. The summed E-state index contributed by atoms with van der Waals surface area (Å²) in [5, 5.41) is 22.7. The van der Waals surface area contributed by atoms with Crippen LogP contribution in [0.4, 0.5) is 17.3 Å². The number of benzene rings is 3. The molecule has 1 aliphatic heterocycles. The minimum Gasteiger partial charge on any atom is -0.328 e. The number of fused-ring (bicyclic) bond motifs is 1. The summed E-state index contributed by atoms with van der Waals surface area (Å²) in [4.78, 5) is 28.8. The van der Waals surface area contributed by atoms with Crippen molar-refractivity contribution in [3.63, 3.8) is 0 Å². The molecule has 0 saturated carbocycles. The Balaban J connectivity index is 1.61. The zero-order valence-electron chi connectivity index (χ0n) is 18.8. The van der Waals surface area contributed by atoms with Crippen LogP contribution in [0, 0.1) is 10.1 Å². The minimum atomic E-state index is -0.699. The van der Waals surface area contributed by atoms with Crippen LogP contribution in [-0.4, -0.2) is 25.6 Å². The quantitative estimate of drug-likeness (QED) is 0.243. The van der Waals surface area contributed by atoms with Crippen LogP contribution in [0.5, 0.6) is 0 Å². The summed E-state index contributed by atoms with van der Waals surface area (Å²) < 4.78 is 1.59. The SMILES string of the molecule is CC1=C(C(=O)Nc2ccccc2)C(c2ccc([N+](=O)[O-])cc2)n2nc(-c3ccc(Cl)c(Cl)c3)nc2N1. The van der Waals surface area contributed by atoms with E-state index in [1.165, 1.54) is 12.1 Å². The van der Waals surface area contributed by atoms with Crippen molar-refractivity contribution in [3.05, 3.63) is 110 Å². The standard InChI is InChI=1S/C25H18Cl2N6O3/c1-14-21(24(34)29-17-5-3-2-4-6-17)22(15-7-10-18(11-8-15)33(35)36)32-25(28-14)30-23(31-32)16-9-12-19(26)20(27)13-16/h2-13,22H,1H3,(H,29,34)(H,28,30,31). The lowest BCUT2D eigenvalue weighted by Crippen LogP contribution is -2.31. The third-order valence-electron chi connectivity index (χ3n) is 5.73. The molecule has 5 rings (SSSR count). The lowest BCUT2D eigenvalue weighted by molar-refractivity contribution is -0.384. The Labute approximate surface area is 215 Å². The number of non-ortho nitro benzene ring substituents is 1. The van der Waals surface area contributed by atoms with Gasteiger partial charge in [-0.05, 0) is 55.0 Å². The van der Waals surface area contributed by atoms with Gasteiger partial charge in [-0.25, -0.2) is 4.68 Å². The second-order valence-corrected chi connectivity index (χ2v) is 8.88. The Morgan fingerprint density at radius 1 is 1.06 bits per heavy atom. The van der Waals surface area contributed by atoms with Crippen LogP contribution in [0.2, 0.25) is 10.0 Å². The number of nitro groups is 1. The van der Waals surface area contributed by atoms with Crippen molar-refractivity contribution in [2.75, 3.05) is 10.6 Å². The number of nitro benzene ring substituents is 1. The normalized spacial score (nSPS) is 14.7. The van der Waals surface area contributed by atoms with Gasteiger partial charge in [0.2, 0.25) is 5.95 Å². The van der Waals surface area contributed by atoms with Gasteiger partial charge >= 0.3 is 0 Å². The molecule has 1 aliphatic rings. The maximum absolute atomic E-state index is 13.5. The Morgan fingerprint density at radius 3 is 2.44 bits per heavy atom. The Hall–Kier alpha value is -4.21. The second-order valence-electron chi connectivity index (χ2n) is 8.07. The summed E-state index contributed by atoms with van der Waals surface area (Å²) in [6, 6.07) is 19.5. The topological polar surface area (TPSA) is 115 Å². The molecule has 0 bridgehead atoms. The highest BCUT2D eigenvalue weighted by atomic mass is 35.5. The molecule has 2 heterocycles. The summed E-state index contributed by atoms with van der Waals surface area (Å²) in [6.45, 7) is 1.77. The molecule has 1 unspecified atom stereocenters. The number of halogens is 2. The molecule has 180 valence electrons. The Kier molecular flexibility index (Phi) is 6.17. The molecule has 1 aromatic heterocycles. The zero-order valence-corrected chi connectivity index (χ0v) is 20.3. The van der Waals surface area contributed by atoms with Gasteiger partial charge in [-0.3, -0.25) is 14.9 Å². The molecule has 0 fully saturated rings. The fourth-order valence-electron chi connectivity index (χ4n) is 4.01. The number of carbonyl (C=O) groups excluding carboxylic acids is 1. The number of nitrogens with zero attached hydrogens (tertiary/aromatic N) is 4. The maximum atomic E-state index is 13.5. The summed E-state index contributed by atoms with van der Waals surface area (Å²) in [6.07, 6.45) is 0. The molecule has 1 atom stereocenters. The van der Waals surface area contributed by atoms with Crippen molar-refractivity contribution in [3.8, 4) is 11.4 Å². The number of rotatable bonds is 5. The highest BCUT2D eigenvalue weighted by Gasteiger charge is 2.34. The smallest absolute Gasteiger partial charge is 0.269 e. The molecule has 2 N–H and O–H groups in total. The van der Waals surface area contributed by atoms with Gasteiger partial charge in [-0.15, -0.1) is 5.10 Å². The molecular formula is C25H18Cl2N6O3. The summed E-state index contributed by atoms with van der Waals surface area (Å²) >= 11 is 12.3. The maximum Gasteiger partial charge on any atom is 0.269 e. The van der Waals surface area contributed by atoms with E-state index in [9.17, 15) is 14.9 Å².